The molecule has 0 saturated carbocycles. The van der Waals surface area contributed by atoms with Crippen molar-refractivity contribution in [3.63, 3.8) is 0 Å². The van der Waals surface area contributed by atoms with Crippen molar-refractivity contribution in [3.8, 4) is 0 Å². The number of amides is 2. The lowest BCUT2D eigenvalue weighted by molar-refractivity contribution is -0.120. The summed E-state index contributed by atoms with van der Waals surface area (Å²) >= 11 is 0. The van der Waals surface area contributed by atoms with Crippen molar-refractivity contribution < 1.29 is 9.59 Å². The van der Waals surface area contributed by atoms with E-state index in [2.05, 4.69) is 51.7 Å². The number of piperazine rings is 1. The van der Waals surface area contributed by atoms with Gasteiger partial charge in [0.1, 0.15) is 5.82 Å². The number of aromatic nitrogens is 1. The molecule has 29 heavy (non-hydrogen) atoms. The second-order valence-electron chi connectivity index (χ2n) is 7.68. The number of para-hydroxylation sites is 1. The predicted octanol–water partition coefficient (Wildman–Crippen LogP) is 2.19. The summed E-state index contributed by atoms with van der Waals surface area (Å²) in [5.74, 6) is 0.729. The molecule has 2 aliphatic heterocycles. The van der Waals surface area contributed by atoms with Crippen molar-refractivity contribution in [2.45, 2.75) is 32.2 Å². The fraction of sp³-hybridized carbons (Fsp3) is 0.409. The third-order valence-corrected chi connectivity index (χ3v) is 5.64. The molecule has 1 aromatic carbocycles. The Hall–Kier alpha value is -3.09. The lowest BCUT2D eigenvalue weighted by atomic mass is 9.96. The third kappa shape index (κ3) is 4.50. The molecule has 2 aromatic rings. The molecule has 0 radical (unpaired) electrons. The second kappa shape index (κ2) is 8.51. The zero-order valence-corrected chi connectivity index (χ0v) is 16.7. The Morgan fingerprint density at radius 3 is 2.93 bits per heavy atom. The van der Waals surface area contributed by atoms with Crippen LogP contribution < -0.4 is 20.4 Å². The molecule has 7 heteroatoms. The fourth-order valence-electron chi connectivity index (χ4n) is 4.03. The molecule has 2 N–H and O–H groups in total. The van der Waals surface area contributed by atoms with Gasteiger partial charge in [-0.2, -0.15) is 0 Å². The summed E-state index contributed by atoms with van der Waals surface area (Å²) < 4.78 is 0. The Morgan fingerprint density at radius 1 is 1.28 bits per heavy atom. The van der Waals surface area contributed by atoms with Gasteiger partial charge in [-0.3, -0.25) is 9.59 Å². The van der Waals surface area contributed by atoms with Gasteiger partial charge >= 0.3 is 0 Å². The zero-order valence-electron chi connectivity index (χ0n) is 16.7. The molecule has 1 fully saturated rings. The minimum absolute atomic E-state index is 0.00365. The van der Waals surface area contributed by atoms with Gasteiger partial charge in [0.15, 0.2) is 0 Å². The van der Waals surface area contributed by atoms with Crippen LogP contribution in [0.5, 0.6) is 0 Å². The normalized spacial score (nSPS) is 18.8. The topological polar surface area (TPSA) is 77.6 Å². The Labute approximate surface area is 171 Å². The number of nitrogens with zero attached hydrogens (tertiary/aromatic N) is 3. The first kappa shape index (κ1) is 19.2. The molecule has 3 heterocycles. The summed E-state index contributed by atoms with van der Waals surface area (Å²) in [6.07, 6.45) is 4.28. The van der Waals surface area contributed by atoms with Crippen LogP contribution in [0.1, 0.15) is 25.3 Å². The average Bonchev–Trinajstić information content (AvgIpc) is 2.73. The number of fused-ring (bicyclic) bond motifs is 1. The standard InChI is InChI=1S/C22H27N5O2/c1-16-6-7-17-4-2-3-5-19(17)27(16)12-10-21(28)25-18-8-9-20(24-14-18)26-13-11-23-22(29)15-26/h2-5,8-9,14,16H,6-7,10-13,15H2,1H3,(H,23,29)(H,25,28)/t16-/m0/s1. The summed E-state index contributed by atoms with van der Waals surface area (Å²) in [6.45, 7) is 4.58. The number of pyridine rings is 1. The van der Waals surface area contributed by atoms with Crippen LogP contribution in [-0.4, -0.2) is 49.0 Å². The van der Waals surface area contributed by atoms with Crippen LogP contribution in [0.15, 0.2) is 42.6 Å². The second-order valence-corrected chi connectivity index (χ2v) is 7.68. The van der Waals surface area contributed by atoms with Crippen molar-refractivity contribution in [1.82, 2.24) is 10.3 Å². The van der Waals surface area contributed by atoms with Crippen LogP contribution in [0.2, 0.25) is 0 Å². The Bertz CT molecular complexity index is 883. The number of nitrogens with one attached hydrogen (secondary N) is 2. The van der Waals surface area contributed by atoms with Crippen LogP contribution in [0, 0.1) is 0 Å². The molecule has 1 aromatic heterocycles. The maximum absolute atomic E-state index is 12.5. The minimum atomic E-state index is -0.0212. The maximum Gasteiger partial charge on any atom is 0.239 e. The smallest absolute Gasteiger partial charge is 0.239 e. The molecule has 0 bridgehead atoms. The minimum Gasteiger partial charge on any atom is -0.368 e. The highest BCUT2D eigenvalue weighted by molar-refractivity contribution is 5.91. The summed E-state index contributed by atoms with van der Waals surface area (Å²) in [4.78, 5) is 32.7. The zero-order chi connectivity index (χ0) is 20.2. The number of rotatable bonds is 5. The van der Waals surface area contributed by atoms with E-state index in [9.17, 15) is 9.59 Å². The lowest BCUT2D eigenvalue weighted by Gasteiger charge is -2.37. The monoisotopic (exact) mass is 393 g/mol. The van der Waals surface area contributed by atoms with Crippen LogP contribution in [0.3, 0.4) is 0 Å². The van der Waals surface area contributed by atoms with E-state index in [4.69, 9.17) is 0 Å². The number of hydrogen-bond acceptors (Lipinski definition) is 5. The molecule has 0 unspecified atom stereocenters. The molecule has 1 atom stereocenters. The van der Waals surface area contributed by atoms with Gasteiger partial charge in [0, 0.05) is 37.8 Å². The summed E-state index contributed by atoms with van der Waals surface area (Å²) in [5, 5.41) is 5.73. The molecule has 0 aliphatic carbocycles. The number of carbonyl (C=O) groups excluding carboxylic acids is 2. The molecule has 1 saturated heterocycles. The number of carbonyl (C=O) groups is 2. The largest absolute Gasteiger partial charge is 0.368 e. The van der Waals surface area contributed by atoms with Gasteiger partial charge in [-0.05, 0) is 43.5 Å². The van der Waals surface area contributed by atoms with E-state index in [1.54, 1.807) is 6.20 Å². The van der Waals surface area contributed by atoms with Gasteiger partial charge in [0.25, 0.3) is 0 Å². The van der Waals surface area contributed by atoms with Crippen LogP contribution in [0.4, 0.5) is 17.2 Å². The van der Waals surface area contributed by atoms with E-state index in [0.29, 0.717) is 37.8 Å². The summed E-state index contributed by atoms with van der Waals surface area (Å²) in [5.41, 5.74) is 3.28. The Morgan fingerprint density at radius 2 is 2.14 bits per heavy atom. The molecule has 4 rings (SSSR count). The van der Waals surface area contributed by atoms with Crippen molar-refractivity contribution in [3.05, 3.63) is 48.2 Å². The van der Waals surface area contributed by atoms with E-state index in [-0.39, 0.29) is 11.8 Å². The molecule has 7 nitrogen and oxygen atoms in total. The van der Waals surface area contributed by atoms with Gasteiger partial charge in [0.2, 0.25) is 11.8 Å². The fourth-order valence-corrected chi connectivity index (χ4v) is 4.03. The summed E-state index contributed by atoms with van der Waals surface area (Å²) in [7, 11) is 0. The average molecular weight is 393 g/mol. The van der Waals surface area contributed by atoms with E-state index in [1.807, 2.05) is 17.0 Å². The van der Waals surface area contributed by atoms with Gasteiger partial charge in [-0.25, -0.2) is 4.98 Å². The van der Waals surface area contributed by atoms with Gasteiger partial charge < -0.3 is 20.4 Å². The van der Waals surface area contributed by atoms with E-state index in [0.717, 1.165) is 25.2 Å². The third-order valence-electron chi connectivity index (χ3n) is 5.64. The molecular formula is C22H27N5O2. The Kier molecular flexibility index (Phi) is 5.64. The first-order valence-corrected chi connectivity index (χ1v) is 10.2. The quantitative estimate of drug-likeness (QED) is 0.814. The van der Waals surface area contributed by atoms with Gasteiger partial charge in [-0.1, -0.05) is 18.2 Å². The molecule has 2 amide bonds. The molecular weight excluding hydrogens is 366 g/mol. The van der Waals surface area contributed by atoms with E-state index < -0.39 is 0 Å². The highest BCUT2D eigenvalue weighted by Crippen LogP contribution is 2.30. The first-order valence-electron chi connectivity index (χ1n) is 10.2. The number of benzene rings is 1. The highest BCUT2D eigenvalue weighted by Gasteiger charge is 2.23. The van der Waals surface area contributed by atoms with Crippen LogP contribution in [-0.2, 0) is 16.0 Å². The van der Waals surface area contributed by atoms with Crippen molar-refractivity contribution >= 4 is 29.0 Å². The lowest BCUT2D eigenvalue weighted by Crippen LogP contribution is -2.48. The number of hydrogen-bond donors (Lipinski definition) is 2. The van der Waals surface area contributed by atoms with Crippen LogP contribution in [0.25, 0.3) is 0 Å². The van der Waals surface area contributed by atoms with E-state index in [1.165, 1.54) is 11.3 Å². The van der Waals surface area contributed by atoms with Crippen LogP contribution >= 0.6 is 0 Å². The highest BCUT2D eigenvalue weighted by atomic mass is 16.2. The first-order chi connectivity index (χ1) is 14.1. The molecule has 2 aliphatic rings. The Balaban J connectivity index is 1.32. The van der Waals surface area contributed by atoms with Crippen molar-refractivity contribution in [2.75, 3.05) is 41.3 Å². The SMILES string of the molecule is C[C@H]1CCc2ccccc2N1CCC(=O)Nc1ccc(N2CCNC(=O)C2)nc1. The van der Waals surface area contributed by atoms with Gasteiger partial charge in [-0.15, -0.1) is 0 Å². The van der Waals surface area contributed by atoms with Crippen molar-refractivity contribution in [1.29, 1.82) is 0 Å². The van der Waals surface area contributed by atoms with E-state index >= 15 is 0 Å². The maximum atomic E-state index is 12.5. The van der Waals surface area contributed by atoms with Gasteiger partial charge in [0.05, 0.1) is 18.4 Å². The number of aryl methyl sites for hydroxylation is 1. The summed E-state index contributed by atoms with van der Waals surface area (Å²) in [6, 6.07) is 12.6. The molecule has 0 spiro atoms. The predicted molar refractivity (Wildman–Crippen MR) is 114 cm³/mol. The van der Waals surface area contributed by atoms with Crippen molar-refractivity contribution in [2.24, 2.45) is 0 Å². The molecule has 152 valence electrons. The number of anilines is 3.